The van der Waals surface area contributed by atoms with E-state index in [4.69, 9.17) is 4.74 Å². The zero-order chi connectivity index (χ0) is 13.6. The van der Waals surface area contributed by atoms with Crippen LogP contribution in [-0.2, 0) is 15.1 Å². The number of benzene rings is 1. The molecule has 0 spiro atoms. The molecule has 2 rings (SSSR count). The summed E-state index contributed by atoms with van der Waals surface area (Å²) >= 11 is 0. The van der Waals surface area contributed by atoms with Gasteiger partial charge in [-0.15, -0.1) is 0 Å². The van der Waals surface area contributed by atoms with Crippen LogP contribution in [0.3, 0.4) is 0 Å². The molecule has 0 atom stereocenters. The molecule has 0 unspecified atom stereocenters. The van der Waals surface area contributed by atoms with Gasteiger partial charge in [0.05, 0.1) is 13.5 Å². The lowest BCUT2D eigenvalue weighted by Gasteiger charge is -2.39. The number of carbonyl (C=O) groups is 1. The van der Waals surface area contributed by atoms with Gasteiger partial charge in [0.1, 0.15) is 0 Å². The van der Waals surface area contributed by atoms with Gasteiger partial charge in [0.15, 0.2) is 0 Å². The molecule has 0 amide bonds. The molecule has 104 valence electrons. The third-order valence-corrected chi connectivity index (χ3v) is 4.05. The van der Waals surface area contributed by atoms with Gasteiger partial charge in [0.2, 0.25) is 0 Å². The second-order valence-corrected chi connectivity index (χ2v) is 5.26. The predicted molar refractivity (Wildman–Crippen MR) is 75.8 cm³/mol. The van der Waals surface area contributed by atoms with Gasteiger partial charge in [-0.2, -0.15) is 0 Å². The molecule has 0 radical (unpaired) electrons. The normalized spacial score (nSPS) is 17.9. The summed E-state index contributed by atoms with van der Waals surface area (Å²) in [6, 6.07) is 10.6. The van der Waals surface area contributed by atoms with Crippen molar-refractivity contribution in [1.82, 2.24) is 5.32 Å². The van der Waals surface area contributed by atoms with Crippen molar-refractivity contribution in [3.63, 3.8) is 0 Å². The second kappa shape index (κ2) is 6.71. The van der Waals surface area contributed by atoms with Crippen molar-refractivity contribution in [3.05, 3.63) is 35.9 Å². The smallest absolute Gasteiger partial charge is 0.306 e. The Kier molecular flexibility index (Phi) is 4.97. The first kappa shape index (κ1) is 14.1. The molecule has 3 nitrogen and oxygen atoms in total. The van der Waals surface area contributed by atoms with Crippen molar-refractivity contribution < 1.29 is 9.53 Å². The SMILES string of the molecule is COC(=O)CCNC1(c2ccccc2)CCCCC1. The number of nitrogens with one attached hydrogen (secondary N) is 1. The molecule has 0 bridgehead atoms. The van der Waals surface area contributed by atoms with Crippen LogP contribution in [0, 0.1) is 0 Å². The molecule has 0 aliphatic heterocycles. The monoisotopic (exact) mass is 261 g/mol. The quantitative estimate of drug-likeness (QED) is 0.828. The van der Waals surface area contributed by atoms with Gasteiger partial charge < -0.3 is 10.1 Å². The number of carbonyl (C=O) groups excluding carboxylic acids is 1. The fourth-order valence-electron chi connectivity index (χ4n) is 2.99. The Balaban J connectivity index is 2.05. The fourth-order valence-corrected chi connectivity index (χ4v) is 2.99. The van der Waals surface area contributed by atoms with Crippen molar-refractivity contribution in [2.24, 2.45) is 0 Å². The molecule has 19 heavy (non-hydrogen) atoms. The fraction of sp³-hybridized carbons (Fsp3) is 0.562. The lowest BCUT2D eigenvalue weighted by atomic mass is 9.76. The Labute approximate surface area is 115 Å². The average Bonchev–Trinajstić information content (AvgIpc) is 2.49. The van der Waals surface area contributed by atoms with E-state index in [0.29, 0.717) is 13.0 Å². The number of hydrogen-bond donors (Lipinski definition) is 1. The van der Waals surface area contributed by atoms with E-state index in [0.717, 1.165) is 12.8 Å². The average molecular weight is 261 g/mol. The van der Waals surface area contributed by atoms with Crippen molar-refractivity contribution in [2.75, 3.05) is 13.7 Å². The Morgan fingerprint density at radius 3 is 2.53 bits per heavy atom. The molecule has 0 aromatic heterocycles. The first-order valence-corrected chi connectivity index (χ1v) is 7.14. The van der Waals surface area contributed by atoms with Crippen LogP contribution in [0.2, 0.25) is 0 Å². The van der Waals surface area contributed by atoms with Crippen LogP contribution >= 0.6 is 0 Å². The van der Waals surface area contributed by atoms with Crippen LogP contribution in [0.5, 0.6) is 0 Å². The van der Waals surface area contributed by atoms with Gasteiger partial charge in [-0.25, -0.2) is 0 Å². The molecular formula is C16H23NO2. The largest absolute Gasteiger partial charge is 0.469 e. The predicted octanol–water partition coefficient (Wildman–Crippen LogP) is 3.00. The van der Waals surface area contributed by atoms with Crippen LogP contribution in [0.4, 0.5) is 0 Å². The highest BCUT2D eigenvalue weighted by atomic mass is 16.5. The van der Waals surface area contributed by atoms with Crippen molar-refractivity contribution in [3.8, 4) is 0 Å². The maximum Gasteiger partial charge on any atom is 0.306 e. The zero-order valence-electron chi connectivity index (χ0n) is 11.7. The van der Waals surface area contributed by atoms with E-state index < -0.39 is 0 Å². The molecular weight excluding hydrogens is 238 g/mol. The molecule has 1 aliphatic carbocycles. The third kappa shape index (κ3) is 3.57. The third-order valence-electron chi connectivity index (χ3n) is 4.05. The number of rotatable bonds is 5. The molecule has 3 heteroatoms. The Morgan fingerprint density at radius 2 is 1.89 bits per heavy atom. The van der Waals surface area contributed by atoms with Gasteiger partial charge in [0, 0.05) is 12.1 Å². The first-order valence-electron chi connectivity index (χ1n) is 7.14. The van der Waals surface area contributed by atoms with E-state index in [-0.39, 0.29) is 11.5 Å². The van der Waals surface area contributed by atoms with Crippen LogP contribution in [0.25, 0.3) is 0 Å². The highest BCUT2D eigenvalue weighted by molar-refractivity contribution is 5.69. The van der Waals surface area contributed by atoms with E-state index in [1.54, 1.807) is 0 Å². The van der Waals surface area contributed by atoms with E-state index in [2.05, 4.69) is 35.6 Å². The van der Waals surface area contributed by atoms with Gasteiger partial charge in [-0.1, -0.05) is 49.6 Å². The minimum Gasteiger partial charge on any atom is -0.469 e. The summed E-state index contributed by atoms with van der Waals surface area (Å²) in [7, 11) is 1.44. The Bertz CT molecular complexity index is 396. The van der Waals surface area contributed by atoms with Crippen molar-refractivity contribution >= 4 is 5.97 Å². The minimum atomic E-state index is -0.147. The van der Waals surface area contributed by atoms with Crippen LogP contribution in [0.1, 0.15) is 44.1 Å². The number of methoxy groups -OCH3 is 1. The number of ether oxygens (including phenoxy) is 1. The van der Waals surface area contributed by atoms with E-state index >= 15 is 0 Å². The molecule has 1 N–H and O–H groups in total. The first-order chi connectivity index (χ1) is 9.27. The maximum atomic E-state index is 11.2. The highest BCUT2D eigenvalue weighted by Crippen LogP contribution is 2.36. The topological polar surface area (TPSA) is 38.3 Å². The van der Waals surface area contributed by atoms with Gasteiger partial charge in [-0.3, -0.25) is 4.79 Å². The van der Waals surface area contributed by atoms with Crippen LogP contribution < -0.4 is 5.32 Å². The van der Waals surface area contributed by atoms with E-state index in [9.17, 15) is 4.79 Å². The summed E-state index contributed by atoms with van der Waals surface area (Å²) in [6.45, 7) is 0.682. The summed E-state index contributed by atoms with van der Waals surface area (Å²) in [6.07, 6.45) is 6.55. The minimum absolute atomic E-state index is 0.0491. The van der Waals surface area contributed by atoms with E-state index in [1.807, 2.05) is 0 Å². The van der Waals surface area contributed by atoms with Gasteiger partial charge in [-0.05, 0) is 18.4 Å². The number of hydrogen-bond acceptors (Lipinski definition) is 3. The van der Waals surface area contributed by atoms with Gasteiger partial charge >= 0.3 is 5.97 Å². The van der Waals surface area contributed by atoms with E-state index in [1.165, 1.54) is 31.9 Å². The standard InChI is InChI=1S/C16H23NO2/c1-19-15(18)10-13-17-16(11-6-3-7-12-16)14-8-4-2-5-9-14/h2,4-5,8-9,17H,3,6-7,10-13H2,1H3. The van der Waals surface area contributed by atoms with Crippen LogP contribution in [0.15, 0.2) is 30.3 Å². The molecule has 1 saturated carbocycles. The summed E-state index contributed by atoms with van der Waals surface area (Å²) in [4.78, 5) is 11.2. The summed E-state index contributed by atoms with van der Waals surface area (Å²) in [5.74, 6) is -0.147. The lowest BCUT2D eigenvalue weighted by molar-refractivity contribution is -0.140. The molecule has 0 saturated heterocycles. The lowest BCUT2D eigenvalue weighted by Crippen LogP contribution is -2.44. The highest BCUT2D eigenvalue weighted by Gasteiger charge is 2.32. The van der Waals surface area contributed by atoms with Crippen LogP contribution in [-0.4, -0.2) is 19.6 Å². The summed E-state index contributed by atoms with van der Waals surface area (Å²) in [5, 5.41) is 3.62. The summed E-state index contributed by atoms with van der Waals surface area (Å²) < 4.78 is 4.70. The molecule has 1 fully saturated rings. The second-order valence-electron chi connectivity index (χ2n) is 5.26. The Hall–Kier alpha value is -1.35. The maximum absolute atomic E-state index is 11.2. The molecule has 1 aromatic rings. The molecule has 0 heterocycles. The Morgan fingerprint density at radius 1 is 1.21 bits per heavy atom. The molecule has 1 aromatic carbocycles. The van der Waals surface area contributed by atoms with Crippen molar-refractivity contribution in [2.45, 2.75) is 44.1 Å². The molecule has 1 aliphatic rings. The zero-order valence-corrected chi connectivity index (χ0v) is 11.7. The number of esters is 1. The van der Waals surface area contributed by atoms with Gasteiger partial charge in [0.25, 0.3) is 0 Å². The summed E-state index contributed by atoms with van der Waals surface area (Å²) in [5.41, 5.74) is 1.40. The van der Waals surface area contributed by atoms with Crippen molar-refractivity contribution in [1.29, 1.82) is 0 Å².